The van der Waals surface area contributed by atoms with Crippen LogP contribution in [0.4, 0.5) is 5.69 Å². The summed E-state index contributed by atoms with van der Waals surface area (Å²) < 4.78 is 0. The van der Waals surface area contributed by atoms with Crippen LogP contribution in [0.1, 0.15) is 0 Å². The SMILES string of the molecule is O=[N+]([O-])c1cncc(-c2cc(Cl)cc(Cl)c2)c1Cl. The van der Waals surface area contributed by atoms with Crippen LogP contribution in [-0.4, -0.2) is 9.91 Å². The second-order valence-corrected chi connectivity index (χ2v) is 4.69. The summed E-state index contributed by atoms with van der Waals surface area (Å²) in [7, 11) is 0. The number of hydrogen-bond donors (Lipinski definition) is 0. The summed E-state index contributed by atoms with van der Waals surface area (Å²) in [6.45, 7) is 0. The smallest absolute Gasteiger partial charge is 0.258 e. The average Bonchev–Trinajstić information content (AvgIpc) is 2.27. The first-order chi connectivity index (χ1) is 8.49. The summed E-state index contributed by atoms with van der Waals surface area (Å²) in [5.41, 5.74) is 0.731. The Labute approximate surface area is 117 Å². The number of rotatable bonds is 2. The molecule has 1 aromatic heterocycles. The van der Waals surface area contributed by atoms with E-state index in [0.717, 1.165) is 6.20 Å². The van der Waals surface area contributed by atoms with Gasteiger partial charge in [0.15, 0.2) is 0 Å². The predicted octanol–water partition coefficient (Wildman–Crippen LogP) is 4.62. The van der Waals surface area contributed by atoms with Crippen LogP contribution in [0.15, 0.2) is 30.6 Å². The topological polar surface area (TPSA) is 56.0 Å². The molecule has 1 heterocycles. The van der Waals surface area contributed by atoms with Gasteiger partial charge in [-0.15, -0.1) is 0 Å². The van der Waals surface area contributed by atoms with Crippen LogP contribution in [0.3, 0.4) is 0 Å². The van der Waals surface area contributed by atoms with Gasteiger partial charge in [-0.25, -0.2) is 0 Å². The second kappa shape index (κ2) is 5.10. The molecule has 0 amide bonds. The lowest BCUT2D eigenvalue weighted by atomic mass is 10.1. The van der Waals surface area contributed by atoms with Gasteiger partial charge in [0, 0.05) is 21.8 Å². The van der Waals surface area contributed by atoms with Crippen LogP contribution in [-0.2, 0) is 0 Å². The molecule has 7 heteroatoms. The zero-order chi connectivity index (χ0) is 13.3. The van der Waals surface area contributed by atoms with E-state index in [9.17, 15) is 10.1 Å². The molecule has 0 saturated carbocycles. The fourth-order valence-electron chi connectivity index (χ4n) is 1.47. The fraction of sp³-hybridized carbons (Fsp3) is 0. The molecule has 0 atom stereocenters. The van der Waals surface area contributed by atoms with E-state index in [-0.39, 0.29) is 10.7 Å². The average molecular weight is 304 g/mol. The molecule has 0 unspecified atom stereocenters. The van der Waals surface area contributed by atoms with E-state index in [4.69, 9.17) is 34.8 Å². The van der Waals surface area contributed by atoms with Crippen LogP contribution in [0.2, 0.25) is 15.1 Å². The molecule has 4 nitrogen and oxygen atoms in total. The monoisotopic (exact) mass is 302 g/mol. The first-order valence-electron chi connectivity index (χ1n) is 4.73. The van der Waals surface area contributed by atoms with E-state index in [2.05, 4.69) is 4.98 Å². The molecule has 0 aliphatic rings. The minimum absolute atomic E-state index is 0.00772. The molecule has 0 aliphatic carbocycles. The van der Waals surface area contributed by atoms with Crippen molar-refractivity contribution in [2.75, 3.05) is 0 Å². The molecule has 0 spiro atoms. The van der Waals surface area contributed by atoms with Gasteiger partial charge in [-0.2, -0.15) is 0 Å². The van der Waals surface area contributed by atoms with Crippen LogP contribution < -0.4 is 0 Å². The Hall–Kier alpha value is -1.36. The number of nitro groups is 1. The highest BCUT2D eigenvalue weighted by Crippen LogP contribution is 2.36. The van der Waals surface area contributed by atoms with Gasteiger partial charge in [0.1, 0.15) is 11.2 Å². The van der Waals surface area contributed by atoms with Crippen LogP contribution >= 0.6 is 34.8 Å². The van der Waals surface area contributed by atoms with Gasteiger partial charge in [-0.05, 0) is 23.8 Å². The molecule has 18 heavy (non-hydrogen) atoms. The normalized spacial score (nSPS) is 10.4. The Kier molecular flexibility index (Phi) is 3.71. The van der Waals surface area contributed by atoms with Gasteiger partial charge in [0.25, 0.3) is 0 Å². The fourth-order valence-corrected chi connectivity index (χ4v) is 2.27. The summed E-state index contributed by atoms with van der Waals surface area (Å²) in [6, 6.07) is 4.78. The van der Waals surface area contributed by atoms with Gasteiger partial charge in [-0.1, -0.05) is 34.8 Å². The predicted molar refractivity (Wildman–Crippen MR) is 71.4 cm³/mol. The maximum atomic E-state index is 10.8. The molecule has 92 valence electrons. The molecule has 0 saturated heterocycles. The second-order valence-electron chi connectivity index (χ2n) is 3.44. The maximum absolute atomic E-state index is 10.8. The lowest BCUT2D eigenvalue weighted by Gasteiger charge is -2.05. The van der Waals surface area contributed by atoms with Crippen molar-refractivity contribution in [1.29, 1.82) is 0 Å². The molecule has 0 bridgehead atoms. The van der Waals surface area contributed by atoms with E-state index >= 15 is 0 Å². The van der Waals surface area contributed by atoms with E-state index in [0.29, 0.717) is 21.2 Å². The zero-order valence-electron chi connectivity index (χ0n) is 8.73. The Bertz CT molecular complexity index is 611. The minimum Gasteiger partial charge on any atom is -0.258 e. The van der Waals surface area contributed by atoms with Gasteiger partial charge >= 0.3 is 5.69 Å². The number of aromatic nitrogens is 1. The zero-order valence-corrected chi connectivity index (χ0v) is 11.0. The number of benzene rings is 1. The van der Waals surface area contributed by atoms with E-state index in [1.165, 1.54) is 6.20 Å². The molecular formula is C11H5Cl3N2O2. The molecule has 0 radical (unpaired) electrons. The molecule has 0 N–H and O–H groups in total. The first kappa shape index (κ1) is 13.1. The highest BCUT2D eigenvalue weighted by atomic mass is 35.5. The van der Waals surface area contributed by atoms with Gasteiger partial charge < -0.3 is 0 Å². The third kappa shape index (κ3) is 2.56. The van der Waals surface area contributed by atoms with Gasteiger partial charge in [0.2, 0.25) is 0 Å². The Morgan fingerprint density at radius 1 is 1.06 bits per heavy atom. The van der Waals surface area contributed by atoms with Crippen LogP contribution in [0, 0.1) is 10.1 Å². The molecule has 0 fully saturated rings. The molecule has 1 aromatic carbocycles. The Balaban J connectivity index is 2.64. The summed E-state index contributed by atoms with van der Waals surface area (Å²) in [5.74, 6) is 0. The molecule has 2 rings (SSSR count). The van der Waals surface area contributed by atoms with Crippen LogP contribution in [0.5, 0.6) is 0 Å². The Morgan fingerprint density at radius 2 is 1.67 bits per heavy atom. The van der Waals surface area contributed by atoms with E-state index < -0.39 is 4.92 Å². The van der Waals surface area contributed by atoms with Crippen molar-refractivity contribution in [2.45, 2.75) is 0 Å². The van der Waals surface area contributed by atoms with Crippen LogP contribution in [0.25, 0.3) is 11.1 Å². The summed E-state index contributed by atoms with van der Waals surface area (Å²) >= 11 is 17.7. The first-order valence-corrected chi connectivity index (χ1v) is 5.87. The van der Waals surface area contributed by atoms with Gasteiger partial charge in [0.05, 0.1) is 4.92 Å². The van der Waals surface area contributed by atoms with Crippen molar-refractivity contribution in [3.63, 3.8) is 0 Å². The van der Waals surface area contributed by atoms with E-state index in [1.54, 1.807) is 18.2 Å². The quantitative estimate of drug-likeness (QED) is 0.601. The highest BCUT2D eigenvalue weighted by Gasteiger charge is 2.17. The number of pyridine rings is 1. The minimum atomic E-state index is -0.592. The van der Waals surface area contributed by atoms with Crippen molar-refractivity contribution < 1.29 is 4.92 Å². The summed E-state index contributed by atoms with van der Waals surface area (Å²) in [4.78, 5) is 14.0. The molecular weight excluding hydrogens is 298 g/mol. The van der Waals surface area contributed by atoms with Crippen molar-refractivity contribution in [3.05, 3.63) is 55.8 Å². The van der Waals surface area contributed by atoms with Crippen molar-refractivity contribution in [3.8, 4) is 11.1 Å². The number of halogens is 3. The van der Waals surface area contributed by atoms with Crippen molar-refractivity contribution in [1.82, 2.24) is 4.98 Å². The third-order valence-corrected chi connectivity index (χ3v) is 3.07. The standard InChI is InChI=1S/C11H5Cl3N2O2/c12-7-1-6(2-8(13)3-7)9-4-15-5-10(11(9)14)16(17)18/h1-5H. The van der Waals surface area contributed by atoms with Crippen molar-refractivity contribution >= 4 is 40.5 Å². The van der Waals surface area contributed by atoms with Gasteiger partial charge in [-0.3, -0.25) is 15.1 Å². The third-order valence-electron chi connectivity index (χ3n) is 2.23. The highest BCUT2D eigenvalue weighted by molar-refractivity contribution is 6.36. The molecule has 0 aliphatic heterocycles. The Morgan fingerprint density at radius 3 is 2.22 bits per heavy atom. The molecule has 2 aromatic rings. The maximum Gasteiger partial charge on any atom is 0.306 e. The van der Waals surface area contributed by atoms with E-state index in [1.807, 2.05) is 0 Å². The summed E-state index contributed by atoms with van der Waals surface area (Å²) in [6.07, 6.45) is 2.52. The van der Waals surface area contributed by atoms with Crippen molar-refractivity contribution in [2.24, 2.45) is 0 Å². The summed E-state index contributed by atoms with van der Waals surface area (Å²) in [5, 5.41) is 11.6. The lowest BCUT2D eigenvalue weighted by molar-refractivity contribution is -0.385. The number of hydrogen-bond acceptors (Lipinski definition) is 3. The number of nitrogens with zero attached hydrogens (tertiary/aromatic N) is 2. The largest absolute Gasteiger partial charge is 0.306 e. The lowest BCUT2D eigenvalue weighted by Crippen LogP contribution is -1.92.